The van der Waals surface area contributed by atoms with Gasteiger partial charge in [0.25, 0.3) is 0 Å². The minimum atomic E-state index is 0.435. The van der Waals surface area contributed by atoms with Crippen LogP contribution < -0.4 is 5.32 Å². The zero-order valence-corrected chi connectivity index (χ0v) is 12.7. The van der Waals surface area contributed by atoms with E-state index in [0.717, 1.165) is 0 Å². The Balaban J connectivity index is 2.05. The number of fused-ring (bicyclic) bond motifs is 1. The average Bonchev–Trinajstić information content (AvgIpc) is 2.51. The molecule has 0 bridgehead atoms. The van der Waals surface area contributed by atoms with Crippen molar-refractivity contribution in [3.8, 4) is 0 Å². The standard InChI is InChI=1S/C18H26N2/c1-3-4-5-6-7-11-18(19-2)16-10-8-9-15-12-13-20-14-17(15)16/h8-10,12-14,18-19H,3-7,11H2,1-2H3. The van der Waals surface area contributed by atoms with Crippen LogP contribution in [0.4, 0.5) is 0 Å². The molecule has 0 aliphatic rings. The van der Waals surface area contributed by atoms with Crippen molar-refractivity contribution in [3.05, 3.63) is 42.2 Å². The van der Waals surface area contributed by atoms with E-state index in [2.05, 4.69) is 48.5 Å². The molecule has 1 heterocycles. The fourth-order valence-electron chi connectivity index (χ4n) is 2.85. The second-order valence-electron chi connectivity index (χ2n) is 5.49. The fraction of sp³-hybridized carbons (Fsp3) is 0.500. The number of benzene rings is 1. The summed E-state index contributed by atoms with van der Waals surface area (Å²) in [5, 5.41) is 6.04. The quantitative estimate of drug-likeness (QED) is 0.693. The van der Waals surface area contributed by atoms with E-state index >= 15 is 0 Å². The zero-order valence-electron chi connectivity index (χ0n) is 12.7. The van der Waals surface area contributed by atoms with E-state index in [-0.39, 0.29) is 0 Å². The molecule has 0 aliphatic heterocycles. The molecule has 0 saturated carbocycles. The Bertz CT molecular complexity index is 516. The van der Waals surface area contributed by atoms with Gasteiger partial charge in [-0.2, -0.15) is 0 Å². The van der Waals surface area contributed by atoms with E-state index in [1.165, 1.54) is 54.9 Å². The fourth-order valence-corrected chi connectivity index (χ4v) is 2.85. The van der Waals surface area contributed by atoms with Crippen LogP contribution in [0.3, 0.4) is 0 Å². The Kier molecular flexibility index (Phi) is 6.00. The Hall–Kier alpha value is -1.41. The molecule has 20 heavy (non-hydrogen) atoms. The summed E-state index contributed by atoms with van der Waals surface area (Å²) in [7, 11) is 2.06. The van der Waals surface area contributed by atoms with Gasteiger partial charge in [-0.1, -0.05) is 57.2 Å². The first-order valence-electron chi connectivity index (χ1n) is 7.86. The highest BCUT2D eigenvalue weighted by atomic mass is 14.9. The van der Waals surface area contributed by atoms with Crippen molar-refractivity contribution in [1.29, 1.82) is 0 Å². The van der Waals surface area contributed by atoms with E-state index < -0.39 is 0 Å². The topological polar surface area (TPSA) is 24.9 Å². The molecule has 2 rings (SSSR count). The summed E-state index contributed by atoms with van der Waals surface area (Å²) < 4.78 is 0. The molecule has 108 valence electrons. The maximum Gasteiger partial charge on any atom is 0.0349 e. The van der Waals surface area contributed by atoms with Gasteiger partial charge >= 0.3 is 0 Å². The number of rotatable bonds is 8. The van der Waals surface area contributed by atoms with Crippen LogP contribution in [-0.4, -0.2) is 12.0 Å². The van der Waals surface area contributed by atoms with Crippen molar-refractivity contribution < 1.29 is 0 Å². The molecule has 0 amide bonds. The second kappa shape index (κ2) is 8.01. The molecule has 2 aromatic rings. The van der Waals surface area contributed by atoms with Crippen LogP contribution >= 0.6 is 0 Å². The molecule has 0 saturated heterocycles. The molecule has 1 atom stereocenters. The SMILES string of the molecule is CCCCCCCC(NC)c1cccc2ccncc12. The minimum absolute atomic E-state index is 0.435. The Labute approximate surface area is 122 Å². The van der Waals surface area contributed by atoms with Crippen LogP contribution in [0.15, 0.2) is 36.7 Å². The molecule has 1 unspecified atom stereocenters. The predicted octanol–water partition coefficient (Wildman–Crippen LogP) is 4.86. The third-order valence-electron chi connectivity index (χ3n) is 4.04. The first-order chi connectivity index (χ1) is 9.86. The van der Waals surface area contributed by atoms with Crippen LogP contribution in [0.1, 0.15) is 57.1 Å². The number of hydrogen-bond donors (Lipinski definition) is 1. The van der Waals surface area contributed by atoms with Crippen LogP contribution in [0.5, 0.6) is 0 Å². The molecule has 0 aliphatic carbocycles. The third-order valence-corrected chi connectivity index (χ3v) is 4.04. The summed E-state index contributed by atoms with van der Waals surface area (Å²) in [6.07, 6.45) is 11.7. The molecular formula is C18H26N2. The lowest BCUT2D eigenvalue weighted by Crippen LogP contribution is -2.16. The number of pyridine rings is 1. The summed E-state index contributed by atoms with van der Waals surface area (Å²) in [6.45, 7) is 2.26. The molecule has 0 spiro atoms. The largest absolute Gasteiger partial charge is 0.313 e. The summed E-state index contributed by atoms with van der Waals surface area (Å²) in [5.41, 5.74) is 1.38. The van der Waals surface area contributed by atoms with Gasteiger partial charge in [-0.05, 0) is 30.5 Å². The van der Waals surface area contributed by atoms with Crippen molar-refractivity contribution in [3.63, 3.8) is 0 Å². The first-order valence-corrected chi connectivity index (χ1v) is 7.86. The first kappa shape index (κ1) is 15.0. The highest BCUT2D eigenvalue weighted by molar-refractivity contribution is 5.85. The van der Waals surface area contributed by atoms with Crippen LogP contribution in [0.25, 0.3) is 10.8 Å². The van der Waals surface area contributed by atoms with Gasteiger partial charge in [-0.25, -0.2) is 0 Å². The van der Waals surface area contributed by atoms with Crippen molar-refractivity contribution in [2.45, 2.75) is 51.5 Å². The number of nitrogens with zero attached hydrogens (tertiary/aromatic N) is 1. The van der Waals surface area contributed by atoms with Gasteiger partial charge in [0.1, 0.15) is 0 Å². The summed E-state index contributed by atoms with van der Waals surface area (Å²) >= 11 is 0. The number of unbranched alkanes of at least 4 members (excludes halogenated alkanes) is 4. The lowest BCUT2D eigenvalue weighted by Gasteiger charge is -2.18. The lowest BCUT2D eigenvalue weighted by atomic mass is 9.96. The number of hydrogen-bond acceptors (Lipinski definition) is 2. The van der Waals surface area contributed by atoms with Crippen LogP contribution in [0, 0.1) is 0 Å². The number of aromatic nitrogens is 1. The van der Waals surface area contributed by atoms with Crippen molar-refractivity contribution >= 4 is 10.8 Å². The normalized spacial score (nSPS) is 12.7. The highest BCUT2D eigenvalue weighted by Gasteiger charge is 2.11. The molecule has 0 radical (unpaired) electrons. The van der Waals surface area contributed by atoms with Crippen molar-refractivity contribution in [2.24, 2.45) is 0 Å². The van der Waals surface area contributed by atoms with Crippen LogP contribution in [0.2, 0.25) is 0 Å². The van der Waals surface area contributed by atoms with E-state index in [4.69, 9.17) is 0 Å². The smallest absolute Gasteiger partial charge is 0.0349 e. The number of nitrogens with one attached hydrogen (secondary N) is 1. The lowest BCUT2D eigenvalue weighted by molar-refractivity contribution is 0.503. The Morgan fingerprint density at radius 3 is 2.75 bits per heavy atom. The monoisotopic (exact) mass is 270 g/mol. The zero-order chi connectivity index (χ0) is 14.2. The summed E-state index contributed by atoms with van der Waals surface area (Å²) in [5.74, 6) is 0. The van der Waals surface area contributed by atoms with Gasteiger partial charge in [0.05, 0.1) is 0 Å². The maximum absolute atomic E-state index is 4.28. The van der Waals surface area contributed by atoms with Gasteiger partial charge in [0.2, 0.25) is 0 Å². The summed E-state index contributed by atoms with van der Waals surface area (Å²) in [4.78, 5) is 4.28. The minimum Gasteiger partial charge on any atom is -0.313 e. The van der Waals surface area contributed by atoms with Gasteiger partial charge in [0.15, 0.2) is 0 Å². The molecule has 0 fully saturated rings. The Morgan fingerprint density at radius 2 is 1.95 bits per heavy atom. The van der Waals surface area contributed by atoms with E-state index in [1.807, 2.05) is 12.4 Å². The third kappa shape index (κ3) is 3.80. The van der Waals surface area contributed by atoms with Crippen LogP contribution in [-0.2, 0) is 0 Å². The van der Waals surface area contributed by atoms with Gasteiger partial charge < -0.3 is 5.32 Å². The highest BCUT2D eigenvalue weighted by Crippen LogP contribution is 2.27. The molecule has 1 aromatic carbocycles. The van der Waals surface area contributed by atoms with Crippen molar-refractivity contribution in [1.82, 2.24) is 10.3 Å². The van der Waals surface area contributed by atoms with Gasteiger partial charge in [0, 0.05) is 23.8 Å². The van der Waals surface area contributed by atoms with E-state index in [1.54, 1.807) is 0 Å². The molecule has 1 N–H and O–H groups in total. The molecule has 1 aromatic heterocycles. The Morgan fingerprint density at radius 1 is 1.10 bits per heavy atom. The second-order valence-corrected chi connectivity index (χ2v) is 5.49. The molecule has 2 nitrogen and oxygen atoms in total. The average molecular weight is 270 g/mol. The van der Waals surface area contributed by atoms with E-state index in [9.17, 15) is 0 Å². The molecular weight excluding hydrogens is 244 g/mol. The maximum atomic E-state index is 4.28. The van der Waals surface area contributed by atoms with Crippen molar-refractivity contribution in [2.75, 3.05) is 7.05 Å². The van der Waals surface area contributed by atoms with Gasteiger partial charge in [-0.15, -0.1) is 0 Å². The van der Waals surface area contributed by atoms with Gasteiger partial charge in [-0.3, -0.25) is 4.98 Å². The molecule has 2 heteroatoms. The summed E-state index contributed by atoms with van der Waals surface area (Å²) in [6, 6.07) is 9.07. The van der Waals surface area contributed by atoms with E-state index in [0.29, 0.717) is 6.04 Å². The predicted molar refractivity (Wildman–Crippen MR) is 86.9 cm³/mol.